The number of aryl methyl sites for hydroxylation is 1. The lowest BCUT2D eigenvalue weighted by atomic mass is 9.67. The molecule has 0 N–H and O–H groups in total. The van der Waals surface area contributed by atoms with Crippen molar-refractivity contribution in [1.29, 1.82) is 0 Å². The Hall–Kier alpha value is -6.46. The first-order valence-electron chi connectivity index (χ1n) is 19.9. The first-order valence-corrected chi connectivity index (χ1v) is 19.9. The summed E-state index contributed by atoms with van der Waals surface area (Å²) in [6.45, 7) is 9.13. The SMILES string of the molecule is CC1=C=C(c2ccc(-c3ccc(C)cc3)cc2)/C(C)=C(/C)C(c2cccc3c2-c2ccccc2C3(c2ccccc2)c2ccccc2)C2=CC12c1ccccc1. The smallest absolute Gasteiger partial charge is 0.0713 e. The van der Waals surface area contributed by atoms with Crippen molar-refractivity contribution in [2.75, 3.05) is 0 Å². The molecule has 0 spiro atoms. The summed E-state index contributed by atoms with van der Waals surface area (Å²) in [5.41, 5.74) is 25.3. The van der Waals surface area contributed by atoms with E-state index in [9.17, 15) is 0 Å². The standard InChI is InChI=1S/C56H44/c1-37-27-29-41(30-28-37)42-31-33-43(34-32-42)49-35-38(2)55(44-17-8-5-9-18-44)36-52(55)53(40(4)39(49)3)48-24-16-26-51-54(48)47-23-14-15-25-50(47)56(51,45-19-10-6-11-20-45)46-21-12-7-13-22-46/h5-34,36,53H,1-4H3/b40-39-. The largest absolute Gasteiger partial charge is 0.112 e. The zero-order chi connectivity index (χ0) is 38.0. The van der Waals surface area contributed by atoms with E-state index in [-0.39, 0.29) is 11.3 Å². The molecule has 7 aromatic rings. The molecule has 0 saturated heterocycles. The van der Waals surface area contributed by atoms with E-state index < -0.39 is 5.41 Å². The van der Waals surface area contributed by atoms with Crippen LogP contribution in [0.1, 0.15) is 71.2 Å². The molecule has 0 aliphatic heterocycles. The zero-order valence-electron chi connectivity index (χ0n) is 32.5. The van der Waals surface area contributed by atoms with Gasteiger partial charge in [0.2, 0.25) is 0 Å². The predicted molar refractivity (Wildman–Crippen MR) is 234 cm³/mol. The fourth-order valence-electron chi connectivity index (χ4n) is 10.1. The third kappa shape index (κ3) is 5.00. The first-order chi connectivity index (χ1) is 27.4. The lowest BCUT2D eigenvalue weighted by Gasteiger charge is -2.34. The highest BCUT2D eigenvalue weighted by Crippen LogP contribution is 2.64. The van der Waals surface area contributed by atoms with Crippen LogP contribution in [0.2, 0.25) is 0 Å². The molecule has 0 aromatic heterocycles. The highest BCUT2D eigenvalue weighted by molar-refractivity contribution is 5.91. The molecule has 3 aliphatic carbocycles. The number of hydrogen-bond acceptors (Lipinski definition) is 0. The summed E-state index contributed by atoms with van der Waals surface area (Å²) in [5.74, 6) is 0.0689. The molecule has 2 unspecified atom stereocenters. The van der Waals surface area contributed by atoms with Crippen molar-refractivity contribution in [3.8, 4) is 22.3 Å². The van der Waals surface area contributed by atoms with Gasteiger partial charge in [-0.05, 0) is 106 Å². The topological polar surface area (TPSA) is 0 Å². The van der Waals surface area contributed by atoms with E-state index in [2.05, 4.69) is 221 Å². The molecule has 0 fully saturated rings. The first kappa shape index (κ1) is 34.1. The van der Waals surface area contributed by atoms with Crippen molar-refractivity contribution < 1.29 is 0 Å². The molecule has 3 aliphatic rings. The van der Waals surface area contributed by atoms with Gasteiger partial charge in [0.05, 0.1) is 10.8 Å². The predicted octanol–water partition coefficient (Wildman–Crippen LogP) is 14.0. The Kier molecular flexibility index (Phi) is 7.96. The fourth-order valence-corrected chi connectivity index (χ4v) is 10.1. The van der Waals surface area contributed by atoms with Gasteiger partial charge < -0.3 is 0 Å². The number of hydrogen-bond donors (Lipinski definition) is 0. The average molecular weight is 717 g/mol. The van der Waals surface area contributed by atoms with Gasteiger partial charge >= 0.3 is 0 Å². The Bertz CT molecular complexity index is 2730. The Balaban J connectivity index is 1.22. The minimum absolute atomic E-state index is 0.0689. The molecule has 7 aromatic carbocycles. The molecule has 0 bridgehead atoms. The maximum Gasteiger partial charge on any atom is 0.0713 e. The van der Waals surface area contributed by atoms with Gasteiger partial charge in [0, 0.05) is 11.5 Å². The Morgan fingerprint density at radius 1 is 0.464 bits per heavy atom. The number of allylic oxidation sites excluding steroid dienone is 5. The number of fused-ring (bicyclic) bond motifs is 4. The summed E-state index contributed by atoms with van der Waals surface area (Å²) in [6, 6.07) is 67.6. The van der Waals surface area contributed by atoms with Crippen LogP contribution in [0.15, 0.2) is 216 Å². The van der Waals surface area contributed by atoms with Crippen molar-refractivity contribution in [2.45, 2.75) is 44.4 Å². The average Bonchev–Trinajstić information content (AvgIpc) is 3.92. The van der Waals surface area contributed by atoms with E-state index in [1.54, 1.807) is 0 Å². The molecule has 0 amide bonds. The summed E-state index contributed by atoms with van der Waals surface area (Å²) in [6.07, 6.45) is 2.54. The summed E-state index contributed by atoms with van der Waals surface area (Å²) in [4.78, 5) is 0. The van der Waals surface area contributed by atoms with Gasteiger partial charge in [-0.15, -0.1) is 5.73 Å². The molecule has 268 valence electrons. The quantitative estimate of drug-likeness (QED) is 0.119. The van der Waals surface area contributed by atoms with Crippen LogP contribution >= 0.6 is 0 Å². The highest BCUT2D eigenvalue weighted by atomic mass is 14.6. The summed E-state index contributed by atoms with van der Waals surface area (Å²) >= 11 is 0. The van der Waals surface area contributed by atoms with Crippen LogP contribution in [0.5, 0.6) is 0 Å². The lowest BCUT2D eigenvalue weighted by Crippen LogP contribution is -2.28. The van der Waals surface area contributed by atoms with Crippen molar-refractivity contribution in [2.24, 2.45) is 0 Å². The molecular weight excluding hydrogens is 673 g/mol. The van der Waals surface area contributed by atoms with Crippen molar-refractivity contribution in [3.63, 3.8) is 0 Å². The van der Waals surface area contributed by atoms with Crippen LogP contribution in [0.25, 0.3) is 27.8 Å². The van der Waals surface area contributed by atoms with Gasteiger partial charge in [0.1, 0.15) is 0 Å². The van der Waals surface area contributed by atoms with E-state index in [0.717, 1.165) is 0 Å². The third-order valence-corrected chi connectivity index (χ3v) is 13.0. The van der Waals surface area contributed by atoms with Crippen LogP contribution in [-0.4, -0.2) is 0 Å². The molecule has 0 heterocycles. The van der Waals surface area contributed by atoms with Crippen molar-refractivity contribution in [3.05, 3.63) is 261 Å². The van der Waals surface area contributed by atoms with Crippen LogP contribution in [0.3, 0.4) is 0 Å². The molecule has 56 heavy (non-hydrogen) atoms. The van der Waals surface area contributed by atoms with Gasteiger partial charge in [0.25, 0.3) is 0 Å². The highest BCUT2D eigenvalue weighted by Gasteiger charge is 2.54. The molecule has 2 atom stereocenters. The van der Waals surface area contributed by atoms with Gasteiger partial charge in [-0.2, -0.15) is 0 Å². The molecule has 0 saturated carbocycles. The second-order valence-corrected chi connectivity index (χ2v) is 15.9. The van der Waals surface area contributed by atoms with E-state index >= 15 is 0 Å². The van der Waals surface area contributed by atoms with E-state index in [1.165, 1.54) is 94.6 Å². The van der Waals surface area contributed by atoms with Crippen LogP contribution in [0.4, 0.5) is 0 Å². The zero-order valence-corrected chi connectivity index (χ0v) is 32.5. The minimum Gasteiger partial charge on any atom is -0.112 e. The molecular formula is C56H44. The second kappa shape index (κ2) is 13.1. The Labute approximate surface area is 331 Å². The Morgan fingerprint density at radius 3 is 1.61 bits per heavy atom. The van der Waals surface area contributed by atoms with Crippen molar-refractivity contribution in [1.82, 2.24) is 0 Å². The second-order valence-electron chi connectivity index (χ2n) is 15.9. The van der Waals surface area contributed by atoms with Gasteiger partial charge in [-0.1, -0.05) is 199 Å². The van der Waals surface area contributed by atoms with Crippen LogP contribution in [-0.2, 0) is 10.8 Å². The summed E-state index contributed by atoms with van der Waals surface area (Å²) < 4.78 is 0. The summed E-state index contributed by atoms with van der Waals surface area (Å²) in [7, 11) is 0. The number of rotatable bonds is 6. The monoisotopic (exact) mass is 716 g/mol. The van der Waals surface area contributed by atoms with Gasteiger partial charge in [0.15, 0.2) is 0 Å². The lowest BCUT2D eigenvalue weighted by molar-refractivity contribution is 0.763. The van der Waals surface area contributed by atoms with Crippen LogP contribution in [0, 0.1) is 6.92 Å². The van der Waals surface area contributed by atoms with E-state index in [1.807, 2.05) is 0 Å². The van der Waals surface area contributed by atoms with E-state index in [4.69, 9.17) is 0 Å². The van der Waals surface area contributed by atoms with Gasteiger partial charge in [-0.25, -0.2) is 0 Å². The molecule has 0 radical (unpaired) electrons. The maximum atomic E-state index is 4.03. The minimum atomic E-state index is -0.451. The van der Waals surface area contributed by atoms with Crippen LogP contribution < -0.4 is 0 Å². The van der Waals surface area contributed by atoms with Crippen molar-refractivity contribution >= 4 is 5.57 Å². The third-order valence-electron chi connectivity index (χ3n) is 13.0. The van der Waals surface area contributed by atoms with Gasteiger partial charge in [-0.3, -0.25) is 0 Å². The molecule has 0 nitrogen and oxygen atoms in total. The Morgan fingerprint density at radius 2 is 0.982 bits per heavy atom. The number of benzene rings is 7. The summed E-state index contributed by atoms with van der Waals surface area (Å²) in [5, 5.41) is 0. The molecule has 10 rings (SSSR count). The molecule has 0 heteroatoms. The maximum absolute atomic E-state index is 4.03. The van der Waals surface area contributed by atoms with E-state index in [0.29, 0.717) is 0 Å². The normalized spacial score (nSPS) is 20.4. The fraction of sp³-hybridized carbons (Fsp3) is 0.125.